The Kier molecular flexibility index (Phi) is 13.7. The van der Waals surface area contributed by atoms with Crippen LogP contribution in [-0.4, -0.2) is 132 Å². The van der Waals surface area contributed by atoms with Gasteiger partial charge in [0.15, 0.2) is 30.0 Å². The lowest BCUT2D eigenvalue weighted by atomic mass is 9.66. The summed E-state index contributed by atoms with van der Waals surface area (Å²) < 4.78 is 80.8. The maximum absolute atomic E-state index is 15.8. The van der Waals surface area contributed by atoms with Gasteiger partial charge in [-0.15, -0.1) is 0 Å². The van der Waals surface area contributed by atoms with E-state index in [0.717, 1.165) is 25.3 Å². The molecular weight excluding hydrogens is 791 g/mol. The third-order valence-electron chi connectivity index (χ3n) is 15.6. The van der Waals surface area contributed by atoms with Gasteiger partial charge in [0.2, 0.25) is 0 Å². The minimum atomic E-state index is -0.910. The van der Waals surface area contributed by atoms with Gasteiger partial charge < -0.3 is 47.7 Å². The molecule has 3 aliphatic carbocycles. The number of halogens is 2. The number of anilines is 1. The number of benzene rings is 1. The molecule has 0 N–H and O–H groups in total. The second kappa shape index (κ2) is 18.5. The van der Waals surface area contributed by atoms with Crippen LogP contribution in [0.5, 0.6) is 0 Å². The van der Waals surface area contributed by atoms with E-state index in [-0.39, 0.29) is 96.2 Å². The van der Waals surface area contributed by atoms with Crippen molar-refractivity contribution >= 4 is 17.4 Å². The molecule has 4 saturated heterocycles. The lowest BCUT2D eigenvalue weighted by Crippen LogP contribution is -2.59. The molecule has 340 valence electrons. The van der Waals surface area contributed by atoms with Crippen molar-refractivity contribution in [3.8, 4) is 0 Å². The number of cyclic esters (lactones) is 1. The maximum atomic E-state index is 15.8. The molecular formula is C47H68F2N2O10. The van der Waals surface area contributed by atoms with Crippen LogP contribution in [0.15, 0.2) is 29.8 Å². The summed E-state index contributed by atoms with van der Waals surface area (Å²) in [6, 6.07) is 4.23. The molecule has 4 aliphatic heterocycles. The second-order valence-electron chi connectivity index (χ2n) is 19.1. The highest BCUT2D eigenvalue weighted by atomic mass is 19.2. The van der Waals surface area contributed by atoms with Crippen molar-refractivity contribution < 1.29 is 56.3 Å². The molecule has 0 radical (unpaired) electrons. The Morgan fingerprint density at radius 3 is 2.28 bits per heavy atom. The number of Topliss-reactive ketones (excluding diaryl/α,β-unsaturated/α-hetero) is 1. The third kappa shape index (κ3) is 8.46. The minimum Gasteiger partial charge on any atom is -0.462 e. The number of carbonyl (C=O) groups is 2. The number of ether oxygens (including phenoxy) is 8. The average molecular weight is 859 g/mol. The lowest BCUT2D eigenvalue weighted by Gasteiger charge is -2.44. The summed E-state index contributed by atoms with van der Waals surface area (Å²) in [5.74, 6) is -3.38. The highest BCUT2D eigenvalue weighted by Gasteiger charge is 2.69. The van der Waals surface area contributed by atoms with Crippen LogP contribution in [0.2, 0.25) is 0 Å². The van der Waals surface area contributed by atoms with E-state index in [1.807, 2.05) is 25.7 Å². The van der Waals surface area contributed by atoms with Crippen molar-refractivity contribution in [2.45, 2.75) is 165 Å². The first kappa shape index (κ1) is 45.0. The molecule has 2 saturated carbocycles. The van der Waals surface area contributed by atoms with Crippen molar-refractivity contribution in [2.24, 2.45) is 35.5 Å². The van der Waals surface area contributed by atoms with Crippen molar-refractivity contribution in [3.05, 3.63) is 41.5 Å². The van der Waals surface area contributed by atoms with Crippen LogP contribution in [0.25, 0.3) is 0 Å². The number of nitrogens with zero attached hydrogens (tertiary/aromatic N) is 2. The standard InChI is InChI=1S/C47H68F2N2O10/c1-10-26-13-11-16-36(61-38-18-17-34(50(5)6)24(3)57-38)23(2)43(53)32-21-29-28-19-27(60-47-46(56-9)45(55-8)44(54-7)25(4)58-47)20-31(28)41-42(39(29)30(32)22-37(52)59-26)51(41)35-15-12-14-33(48)40(35)49/h12,14-15,21,23-31,34,36,38-39,41-42,44-47H,10-11,13,16-20,22H2,1-9H3/t23-,24?,25?,26+,27+,28+,29+,30-,31-,34+,36+,38+,39-,41+,42-,44+,45?,46+,47+,51?/m1/s1. The van der Waals surface area contributed by atoms with Crippen molar-refractivity contribution in [2.75, 3.05) is 40.3 Å². The van der Waals surface area contributed by atoms with Crippen LogP contribution < -0.4 is 4.90 Å². The number of hydrogen-bond acceptors (Lipinski definition) is 12. The third-order valence-corrected chi connectivity index (χ3v) is 15.6. The van der Waals surface area contributed by atoms with Crippen molar-refractivity contribution in [3.63, 3.8) is 0 Å². The average Bonchev–Trinajstić information content (AvgIpc) is 3.62. The minimum absolute atomic E-state index is 0.0263. The maximum Gasteiger partial charge on any atom is 0.306 e. The number of rotatable bonds is 10. The summed E-state index contributed by atoms with van der Waals surface area (Å²) in [7, 11) is 8.98. The zero-order valence-corrected chi connectivity index (χ0v) is 37.4. The highest BCUT2D eigenvalue weighted by Crippen LogP contribution is 2.65. The largest absolute Gasteiger partial charge is 0.462 e. The predicted molar refractivity (Wildman–Crippen MR) is 222 cm³/mol. The van der Waals surface area contributed by atoms with Gasteiger partial charge in [0, 0.05) is 39.2 Å². The Bertz CT molecular complexity index is 1770. The normalized spacial score (nSPS) is 44.0. The van der Waals surface area contributed by atoms with E-state index < -0.39 is 54.4 Å². The van der Waals surface area contributed by atoms with Crippen LogP contribution in [0.1, 0.15) is 85.5 Å². The van der Waals surface area contributed by atoms with Gasteiger partial charge in [-0.3, -0.25) is 9.59 Å². The molecule has 19 atom stereocenters. The first-order chi connectivity index (χ1) is 29.3. The molecule has 12 nitrogen and oxygen atoms in total. The Hall–Kier alpha value is -2.56. The summed E-state index contributed by atoms with van der Waals surface area (Å²) >= 11 is 0. The molecule has 7 aliphatic rings. The molecule has 1 aromatic rings. The predicted octanol–water partition coefficient (Wildman–Crippen LogP) is 6.47. The van der Waals surface area contributed by atoms with Gasteiger partial charge in [0.1, 0.15) is 24.4 Å². The van der Waals surface area contributed by atoms with E-state index in [2.05, 4.69) is 32.0 Å². The van der Waals surface area contributed by atoms with Crippen LogP contribution >= 0.6 is 0 Å². The van der Waals surface area contributed by atoms with Gasteiger partial charge in [-0.1, -0.05) is 26.0 Å². The Morgan fingerprint density at radius 1 is 0.852 bits per heavy atom. The van der Waals surface area contributed by atoms with Crippen LogP contribution in [0.3, 0.4) is 0 Å². The smallest absolute Gasteiger partial charge is 0.306 e. The molecule has 0 amide bonds. The zero-order chi connectivity index (χ0) is 43.4. The van der Waals surface area contributed by atoms with E-state index >= 15 is 9.18 Å². The molecule has 3 unspecified atom stereocenters. The SMILES string of the molecule is CC[C@H]1CCC[C@H](O[C@H]2CC[C@H](N(C)C)C(C)O2)[C@@H](C)C(=O)C2=C[C@H]3[C@@H]4C[C@H](O[C@@H]5OC(C)[C@H](OC)C(OC)[C@@H]5OC)C[C@H]4[C@H]4[C@@H]([C@H]3[C@@H]2CC(=O)O1)N4c1cccc(F)c1F. The monoisotopic (exact) mass is 858 g/mol. The molecule has 61 heavy (non-hydrogen) atoms. The summed E-state index contributed by atoms with van der Waals surface area (Å²) in [4.78, 5) is 33.3. The first-order valence-electron chi connectivity index (χ1n) is 22.8. The molecule has 0 bridgehead atoms. The van der Waals surface area contributed by atoms with E-state index in [9.17, 15) is 9.18 Å². The van der Waals surface area contributed by atoms with Gasteiger partial charge in [0.05, 0.1) is 48.6 Å². The molecule has 6 fully saturated rings. The fourth-order valence-corrected chi connectivity index (χ4v) is 12.7. The van der Waals surface area contributed by atoms with E-state index in [0.29, 0.717) is 37.7 Å². The summed E-state index contributed by atoms with van der Waals surface area (Å²) in [6.07, 6.45) is 4.07. The highest BCUT2D eigenvalue weighted by molar-refractivity contribution is 5.99. The number of fused-ring (bicyclic) bond motifs is 8. The van der Waals surface area contributed by atoms with Crippen LogP contribution in [0, 0.1) is 47.1 Å². The number of likely N-dealkylation sites (N-methyl/N-ethyl adjacent to an activating group) is 1. The van der Waals surface area contributed by atoms with Gasteiger partial charge in [-0.2, -0.15) is 0 Å². The fraction of sp³-hybridized carbons (Fsp3) is 0.787. The van der Waals surface area contributed by atoms with Gasteiger partial charge in [-0.25, -0.2) is 8.78 Å². The topological polar surface area (TPSA) is 114 Å². The molecule has 14 heteroatoms. The van der Waals surface area contributed by atoms with Crippen molar-refractivity contribution in [1.29, 1.82) is 0 Å². The zero-order valence-electron chi connectivity index (χ0n) is 37.4. The van der Waals surface area contributed by atoms with Crippen molar-refractivity contribution in [1.82, 2.24) is 4.90 Å². The van der Waals surface area contributed by atoms with Gasteiger partial charge in [-0.05, 0) is 121 Å². The number of ketones is 1. The number of allylic oxidation sites excluding steroid dienone is 2. The van der Waals surface area contributed by atoms with Gasteiger partial charge in [0.25, 0.3) is 0 Å². The molecule has 4 heterocycles. The Labute approximate surface area is 360 Å². The lowest BCUT2D eigenvalue weighted by molar-refractivity contribution is -0.314. The number of esters is 1. The first-order valence-corrected chi connectivity index (χ1v) is 22.8. The molecule has 0 aromatic heterocycles. The van der Waals surface area contributed by atoms with E-state index in [1.165, 1.54) is 0 Å². The Morgan fingerprint density at radius 2 is 1.59 bits per heavy atom. The van der Waals surface area contributed by atoms with Crippen LogP contribution in [-0.2, 0) is 47.5 Å². The number of hydrogen-bond donors (Lipinski definition) is 0. The quantitative estimate of drug-likeness (QED) is 0.190. The summed E-state index contributed by atoms with van der Waals surface area (Å²) in [5, 5.41) is 0. The molecule has 0 spiro atoms. The second-order valence-corrected chi connectivity index (χ2v) is 19.1. The van der Waals surface area contributed by atoms with E-state index in [1.54, 1.807) is 33.5 Å². The molecule has 8 rings (SSSR count). The summed E-state index contributed by atoms with van der Waals surface area (Å²) in [6.45, 7) is 7.99. The van der Waals surface area contributed by atoms with E-state index in [4.69, 9.17) is 37.9 Å². The van der Waals surface area contributed by atoms with Gasteiger partial charge >= 0.3 is 5.97 Å². The summed E-state index contributed by atoms with van der Waals surface area (Å²) in [5.41, 5.74) is 0.831. The number of carbonyl (C=O) groups excluding carboxylic acids is 2. The fourth-order valence-electron chi connectivity index (χ4n) is 12.7. The number of methoxy groups -OCH3 is 3. The van der Waals surface area contributed by atoms with Crippen LogP contribution in [0.4, 0.5) is 14.5 Å². The Balaban J connectivity index is 1.12. The molecule has 1 aromatic carbocycles.